The average Bonchev–Trinajstić information content (AvgIpc) is 3.28. The van der Waals surface area contributed by atoms with Crippen LogP contribution in [-0.2, 0) is 11.3 Å². The number of carbonyl (C=O) groups excluding carboxylic acids is 1. The number of oxazole rings is 1. The van der Waals surface area contributed by atoms with Gasteiger partial charge in [-0.2, -0.15) is 0 Å². The molecule has 0 aliphatic carbocycles. The Balaban J connectivity index is 1.58. The third-order valence-electron chi connectivity index (χ3n) is 5.97. The van der Waals surface area contributed by atoms with Gasteiger partial charge >= 0.3 is 0 Å². The highest BCUT2D eigenvalue weighted by molar-refractivity contribution is 6.06. The van der Waals surface area contributed by atoms with Crippen molar-refractivity contribution >= 4 is 23.2 Å². The van der Waals surface area contributed by atoms with Crippen molar-refractivity contribution in [1.82, 2.24) is 9.97 Å². The first kappa shape index (κ1) is 22.4. The molecule has 176 valence electrons. The molecule has 3 heterocycles. The Morgan fingerprint density at radius 3 is 2.40 bits per heavy atom. The Morgan fingerprint density at radius 1 is 0.943 bits per heavy atom. The van der Waals surface area contributed by atoms with Gasteiger partial charge in [0.25, 0.3) is 0 Å². The summed E-state index contributed by atoms with van der Waals surface area (Å²) in [4.78, 5) is 24.1. The Morgan fingerprint density at radius 2 is 1.74 bits per heavy atom. The van der Waals surface area contributed by atoms with Crippen molar-refractivity contribution in [3.63, 3.8) is 0 Å². The maximum atomic E-state index is 13.6. The van der Waals surface area contributed by atoms with E-state index < -0.39 is 0 Å². The van der Waals surface area contributed by atoms with Gasteiger partial charge in [0.2, 0.25) is 17.7 Å². The summed E-state index contributed by atoms with van der Waals surface area (Å²) in [6.45, 7) is 2.26. The van der Waals surface area contributed by atoms with Gasteiger partial charge < -0.3 is 18.8 Å². The number of methoxy groups -OCH3 is 2. The number of hydrogen-bond acceptors (Lipinski definition) is 6. The maximum absolute atomic E-state index is 13.6. The number of ether oxygens (including phenoxy) is 2. The van der Waals surface area contributed by atoms with E-state index in [1.165, 1.54) is 0 Å². The monoisotopic (exact) mass is 467 g/mol. The van der Waals surface area contributed by atoms with E-state index in [2.05, 4.69) is 9.97 Å². The zero-order valence-corrected chi connectivity index (χ0v) is 19.8. The number of pyridine rings is 1. The second kappa shape index (κ2) is 9.46. The molecular weight excluding hydrogens is 442 g/mol. The third-order valence-corrected chi connectivity index (χ3v) is 5.97. The lowest BCUT2D eigenvalue weighted by Crippen LogP contribution is -2.30. The van der Waals surface area contributed by atoms with Gasteiger partial charge in [0.15, 0.2) is 0 Å². The van der Waals surface area contributed by atoms with Gasteiger partial charge in [-0.25, -0.2) is 9.97 Å². The van der Waals surface area contributed by atoms with Gasteiger partial charge in [0, 0.05) is 23.4 Å². The van der Waals surface area contributed by atoms with Crippen LogP contribution in [0, 0.1) is 6.92 Å². The van der Waals surface area contributed by atoms with Crippen molar-refractivity contribution < 1.29 is 18.7 Å². The van der Waals surface area contributed by atoms with Crippen LogP contribution in [0.15, 0.2) is 71.4 Å². The number of amides is 1. The van der Waals surface area contributed by atoms with Crippen LogP contribution in [0.25, 0.3) is 22.8 Å². The van der Waals surface area contributed by atoms with Crippen LogP contribution in [0.1, 0.15) is 29.2 Å². The van der Waals surface area contributed by atoms with Gasteiger partial charge in [-0.15, -0.1) is 0 Å². The molecule has 1 amide bonds. The first-order valence-electron chi connectivity index (χ1n) is 11.2. The Bertz CT molecular complexity index is 1390. The summed E-state index contributed by atoms with van der Waals surface area (Å²) in [5.41, 5.74) is 5.37. The van der Waals surface area contributed by atoms with Crippen LogP contribution in [-0.4, -0.2) is 30.1 Å². The minimum Gasteiger partial charge on any atom is -0.497 e. The van der Waals surface area contributed by atoms with E-state index >= 15 is 0 Å². The Labute approximate surface area is 203 Å². The lowest BCUT2D eigenvalue weighted by Gasteiger charge is -2.24. The molecule has 0 atom stereocenters. The van der Waals surface area contributed by atoms with Gasteiger partial charge in [0.05, 0.1) is 39.1 Å². The fourth-order valence-electron chi connectivity index (χ4n) is 4.11. The van der Waals surface area contributed by atoms with Crippen LogP contribution >= 0.6 is 0 Å². The quantitative estimate of drug-likeness (QED) is 0.371. The fraction of sp³-hybridized carbons (Fsp3) is 0.179. The molecule has 0 radical (unpaired) electrons. The van der Waals surface area contributed by atoms with Gasteiger partial charge in [0.1, 0.15) is 11.5 Å². The van der Waals surface area contributed by atoms with Gasteiger partial charge in [-0.05, 0) is 54.0 Å². The topological polar surface area (TPSA) is 77.7 Å². The van der Waals surface area contributed by atoms with Crippen molar-refractivity contribution in [2.24, 2.45) is 0 Å². The summed E-state index contributed by atoms with van der Waals surface area (Å²) in [5.74, 6) is 2.46. The van der Waals surface area contributed by atoms with E-state index in [1.807, 2.05) is 72.5 Å². The molecule has 2 aromatic heterocycles. The molecule has 35 heavy (non-hydrogen) atoms. The van der Waals surface area contributed by atoms with Crippen LogP contribution in [0.5, 0.6) is 11.6 Å². The third kappa shape index (κ3) is 4.66. The second-order valence-corrected chi connectivity index (χ2v) is 8.31. The standard InChI is InChI=1S/C28H25N3O4/c1-18-15-30-28(35-18)23-12-21-7-6-20(22-8-11-26(34-3)29-16-22)13-25(21)31(27(32)14-23)17-19-4-9-24(33-2)10-5-19/h4-13,15-16H,14,17H2,1-3H3. The van der Waals surface area contributed by atoms with E-state index in [1.54, 1.807) is 26.6 Å². The maximum Gasteiger partial charge on any atom is 0.231 e. The minimum absolute atomic E-state index is 0.0355. The SMILES string of the molecule is COc1ccc(CN2C(=O)CC(c3ncc(C)o3)=Cc3ccc(-c4ccc(OC)nc4)cc32)cc1. The number of rotatable bonds is 6. The summed E-state index contributed by atoms with van der Waals surface area (Å²) in [5, 5.41) is 0. The molecule has 0 N–H and O–H groups in total. The molecule has 0 unspecified atom stereocenters. The van der Waals surface area contributed by atoms with E-state index in [4.69, 9.17) is 13.9 Å². The van der Waals surface area contributed by atoms with Crippen molar-refractivity contribution in [1.29, 1.82) is 0 Å². The predicted octanol–water partition coefficient (Wildman–Crippen LogP) is 5.54. The molecule has 0 saturated carbocycles. The number of nitrogens with zero attached hydrogens (tertiary/aromatic N) is 3. The summed E-state index contributed by atoms with van der Waals surface area (Å²) >= 11 is 0. The summed E-state index contributed by atoms with van der Waals surface area (Å²) in [6.07, 6.45) is 5.61. The van der Waals surface area contributed by atoms with Crippen molar-refractivity contribution in [2.75, 3.05) is 19.1 Å². The molecular formula is C28H25N3O4. The first-order chi connectivity index (χ1) is 17.0. The Hall–Kier alpha value is -4.39. The van der Waals surface area contributed by atoms with Crippen molar-refractivity contribution in [3.8, 4) is 22.8 Å². The summed E-state index contributed by atoms with van der Waals surface area (Å²) in [7, 11) is 3.23. The number of carbonyl (C=O) groups is 1. The zero-order valence-electron chi connectivity index (χ0n) is 19.8. The molecule has 7 heteroatoms. The van der Waals surface area contributed by atoms with Crippen LogP contribution in [0.3, 0.4) is 0 Å². The molecule has 0 spiro atoms. The minimum atomic E-state index is -0.0355. The predicted molar refractivity (Wildman–Crippen MR) is 134 cm³/mol. The molecule has 0 fully saturated rings. The van der Waals surface area contributed by atoms with Crippen molar-refractivity contribution in [3.05, 3.63) is 89.8 Å². The molecule has 2 aromatic carbocycles. The van der Waals surface area contributed by atoms with Crippen LogP contribution in [0.4, 0.5) is 5.69 Å². The molecule has 1 aliphatic rings. The molecule has 0 bridgehead atoms. The Kier molecular flexibility index (Phi) is 6.06. The summed E-state index contributed by atoms with van der Waals surface area (Å²) < 4.78 is 16.2. The first-order valence-corrected chi connectivity index (χ1v) is 11.2. The number of aryl methyl sites for hydroxylation is 1. The lowest BCUT2D eigenvalue weighted by molar-refractivity contribution is -0.117. The highest BCUT2D eigenvalue weighted by atomic mass is 16.5. The van der Waals surface area contributed by atoms with Crippen LogP contribution < -0.4 is 14.4 Å². The highest BCUT2D eigenvalue weighted by Gasteiger charge is 2.26. The second-order valence-electron chi connectivity index (χ2n) is 8.31. The van der Waals surface area contributed by atoms with E-state index in [-0.39, 0.29) is 12.3 Å². The number of hydrogen-bond donors (Lipinski definition) is 0. The normalized spacial score (nSPS) is 13.2. The largest absolute Gasteiger partial charge is 0.497 e. The van der Waals surface area contributed by atoms with E-state index in [0.717, 1.165) is 39.3 Å². The van der Waals surface area contributed by atoms with Crippen LogP contribution in [0.2, 0.25) is 0 Å². The number of fused-ring (bicyclic) bond motifs is 1. The molecule has 7 nitrogen and oxygen atoms in total. The van der Waals surface area contributed by atoms with Crippen molar-refractivity contribution in [2.45, 2.75) is 19.9 Å². The van der Waals surface area contributed by atoms with Gasteiger partial charge in [-0.1, -0.05) is 24.3 Å². The fourth-order valence-corrected chi connectivity index (χ4v) is 4.11. The lowest BCUT2D eigenvalue weighted by atomic mass is 10.0. The zero-order chi connectivity index (χ0) is 24.4. The molecule has 4 aromatic rings. The smallest absolute Gasteiger partial charge is 0.231 e. The molecule has 0 saturated heterocycles. The van der Waals surface area contributed by atoms with E-state index in [0.29, 0.717) is 24.1 Å². The molecule has 1 aliphatic heterocycles. The number of benzene rings is 2. The molecule has 5 rings (SSSR count). The summed E-state index contributed by atoms with van der Waals surface area (Å²) in [6, 6.07) is 17.6. The average molecular weight is 468 g/mol. The van der Waals surface area contributed by atoms with E-state index in [9.17, 15) is 4.79 Å². The number of anilines is 1. The number of aromatic nitrogens is 2. The van der Waals surface area contributed by atoms with Gasteiger partial charge in [-0.3, -0.25) is 4.79 Å². The highest BCUT2D eigenvalue weighted by Crippen LogP contribution is 2.36.